The second kappa shape index (κ2) is 7.67. The SMILES string of the molecule is COc1ccc(-n2nc(-c3ccc(C(F)(F)F)cc3O)nc2-c2ccccc2O)cc1. The Hall–Kier alpha value is -4.01. The van der Waals surface area contributed by atoms with E-state index in [4.69, 9.17) is 4.74 Å². The first-order valence-corrected chi connectivity index (χ1v) is 9.08. The van der Waals surface area contributed by atoms with Gasteiger partial charge in [0.25, 0.3) is 0 Å². The average Bonchev–Trinajstić information content (AvgIpc) is 3.18. The van der Waals surface area contributed by atoms with E-state index in [-0.39, 0.29) is 23.0 Å². The molecule has 0 saturated carbocycles. The number of rotatable bonds is 4. The molecule has 9 heteroatoms. The Morgan fingerprint density at radius 2 is 1.58 bits per heavy atom. The van der Waals surface area contributed by atoms with Crippen LogP contribution in [-0.4, -0.2) is 32.1 Å². The number of ether oxygens (including phenoxy) is 1. The van der Waals surface area contributed by atoms with Gasteiger partial charge in [0.05, 0.1) is 29.5 Å². The molecule has 0 bridgehead atoms. The molecule has 0 unspecified atom stereocenters. The molecule has 0 aliphatic heterocycles. The van der Waals surface area contributed by atoms with E-state index in [0.717, 1.165) is 12.1 Å². The molecule has 0 amide bonds. The molecule has 1 aromatic heterocycles. The van der Waals surface area contributed by atoms with Gasteiger partial charge >= 0.3 is 6.18 Å². The Bertz CT molecular complexity index is 1230. The van der Waals surface area contributed by atoms with Crippen molar-refractivity contribution in [1.29, 1.82) is 0 Å². The van der Waals surface area contributed by atoms with Gasteiger partial charge in [-0.15, -0.1) is 5.10 Å². The van der Waals surface area contributed by atoms with Crippen molar-refractivity contribution in [2.45, 2.75) is 6.18 Å². The predicted molar refractivity (Wildman–Crippen MR) is 107 cm³/mol. The van der Waals surface area contributed by atoms with Gasteiger partial charge in [-0.25, -0.2) is 9.67 Å². The summed E-state index contributed by atoms with van der Waals surface area (Å²) in [7, 11) is 1.53. The number of benzene rings is 3. The van der Waals surface area contributed by atoms with E-state index in [1.54, 1.807) is 42.5 Å². The van der Waals surface area contributed by atoms with Gasteiger partial charge in [-0.3, -0.25) is 0 Å². The van der Waals surface area contributed by atoms with Gasteiger partial charge in [-0.05, 0) is 54.6 Å². The van der Waals surface area contributed by atoms with Gasteiger partial charge in [0, 0.05) is 0 Å². The summed E-state index contributed by atoms with van der Waals surface area (Å²) in [5.74, 6) is 0.213. The fourth-order valence-corrected chi connectivity index (χ4v) is 3.06. The molecule has 3 aromatic carbocycles. The zero-order valence-corrected chi connectivity index (χ0v) is 16.1. The summed E-state index contributed by atoms with van der Waals surface area (Å²) in [6.45, 7) is 0. The van der Waals surface area contributed by atoms with Crippen molar-refractivity contribution in [3.05, 3.63) is 72.3 Å². The fourth-order valence-electron chi connectivity index (χ4n) is 3.06. The number of hydrogen-bond donors (Lipinski definition) is 2. The third-order valence-electron chi connectivity index (χ3n) is 4.64. The molecule has 158 valence electrons. The topological polar surface area (TPSA) is 80.4 Å². The Morgan fingerprint density at radius 1 is 0.871 bits per heavy atom. The molecule has 0 spiro atoms. The number of halogens is 3. The number of methoxy groups -OCH3 is 1. The van der Waals surface area contributed by atoms with Crippen LogP contribution in [0.5, 0.6) is 17.2 Å². The third kappa shape index (κ3) is 3.89. The van der Waals surface area contributed by atoms with Crippen molar-refractivity contribution >= 4 is 0 Å². The highest BCUT2D eigenvalue weighted by Gasteiger charge is 2.31. The average molecular weight is 427 g/mol. The number of hydrogen-bond acceptors (Lipinski definition) is 5. The number of aromatic nitrogens is 3. The van der Waals surface area contributed by atoms with Crippen LogP contribution < -0.4 is 4.74 Å². The van der Waals surface area contributed by atoms with E-state index in [1.807, 2.05) is 0 Å². The molecule has 6 nitrogen and oxygen atoms in total. The van der Waals surface area contributed by atoms with Crippen LogP contribution in [0, 0.1) is 0 Å². The van der Waals surface area contributed by atoms with Crippen molar-refractivity contribution in [3.8, 4) is 45.7 Å². The van der Waals surface area contributed by atoms with Gasteiger partial charge in [-0.2, -0.15) is 13.2 Å². The summed E-state index contributed by atoms with van der Waals surface area (Å²) in [6, 6.07) is 15.9. The lowest BCUT2D eigenvalue weighted by molar-refractivity contribution is -0.137. The van der Waals surface area contributed by atoms with Gasteiger partial charge < -0.3 is 14.9 Å². The van der Waals surface area contributed by atoms with E-state index in [2.05, 4.69) is 10.1 Å². The second-order valence-electron chi connectivity index (χ2n) is 6.62. The highest BCUT2D eigenvalue weighted by Crippen LogP contribution is 2.37. The summed E-state index contributed by atoms with van der Waals surface area (Å²) in [6.07, 6.45) is -4.59. The van der Waals surface area contributed by atoms with Crippen LogP contribution in [0.25, 0.3) is 28.5 Å². The number of phenolic OH excluding ortho intramolecular Hbond substituents is 2. The van der Waals surface area contributed by atoms with Crippen LogP contribution in [-0.2, 0) is 6.18 Å². The molecule has 0 saturated heterocycles. The van der Waals surface area contributed by atoms with Crippen LogP contribution in [0.3, 0.4) is 0 Å². The lowest BCUT2D eigenvalue weighted by Crippen LogP contribution is -2.04. The molecule has 0 fully saturated rings. The van der Waals surface area contributed by atoms with Gasteiger partial charge in [-0.1, -0.05) is 12.1 Å². The smallest absolute Gasteiger partial charge is 0.416 e. The Balaban J connectivity index is 1.88. The molecule has 31 heavy (non-hydrogen) atoms. The van der Waals surface area contributed by atoms with Crippen molar-refractivity contribution in [2.24, 2.45) is 0 Å². The minimum Gasteiger partial charge on any atom is -0.507 e. The zero-order valence-electron chi connectivity index (χ0n) is 16.1. The van der Waals surface area contributed by atoms with Gasteiger partial charge in [0.15, 0.2) is 11.6 Å². The van der Waals surface area contributed by atoms with Gasteiger partial charge in [0.2, 0.25) is 0 Å². The highest BCUT2D eigenvalue weighted by molar-refractivity contribution is 5.71. The normalized spacial score (nSPS) is 11.5. The van der Waals surface area contributed by atoms with Gasteiger partial charge in [0.1, 0.15) is 17.2 Å². The van der Waals surface area contributed by atoms with Crippen LogP contribution in [0.15, 0.2) is 66.7 Å². The van der Waals surface area contributed by atoms with Crippen LogP contribution in [0.2, 0.25) is 0 Å². The monoisotopic (exact) mass is 427 g/mol. The molecule has 4 aromatic rings. The standard InChI is InChI=1S/C22H16F3N3O3/c1-31-15-9-7-14(8-10-15)28-21(17-4-2-3-5-18(17)29)26-20(27-28)16-11-6-13(12-19(16)30)22(23,24)25/h2-12,29-30H,1H3. The predicted octanol–water partition coefficient (Wildman–Crippen LogP) is 5.04. The first-order valence-electron chi connectivity index (χ1n) is 9.08. The molecule has 1 heterocycles. The number of nitrogens with zero attached hydrogens (tertiary/aromatic N) is 3. The van der Waals surface area contributed by atoms with E-state index >= 15 is 0 Å². The fraction of sp³-hybridized carbons (Fsp3) is 0.0909. The second-order valence-corrected chi connectivity index (χ2v) is 6.62. The maximum Gasteiger partial charge on any atom is 0.416 e. The summed E-state index contributed by atoms with van der Waals surface area (Å²) in [5, 5.41) is 24.9. The summed E-state index contributed by atoms with van der Waals surface area (Å²) in [5.41, 5.74) is -0.0196. The molecule has 2 N–H and O–H groups in total. The number of alkyl halides is 3. The van der Waals surface area contributed by atoms with E-state index in [1.165, 1.54) is 17.9 Å². The maximum absolute atomic E-state index is 12.9. The first-order chi connectivity index (χ1) is 14.8. The molecular weight excluding hydrogens is 411 g/mol. The lowest BCUT2D eigenvalue weighted by Gasteiger charge is -2.08. The molecule has 0 radical (unpaired) electrons. The van der Waals surface area contributed by atoms with Crippen LogP contribution >= 0.6 is 0 Å². The Morgan fingerprint density at radius 3 is 2.19 bits per heavy atom. The zero-order chi connectivity index (χ0) is 22.2. The Labute approximate surface area is 174 Å². The van der Waals surface area contributed by atoms with Crippen LogP contribution in [0.1, 0.15) is 5.56 Å². The molecule has 4 rings (SSSR count). The minimum absolute atomic E-state index is 0.000274. The Kier molecular flexibility index (Phi) is 5.02. The molecular formula is C22H16F3N3O3. The quantitative estimate of drug-likeness (QED) is 0.477. The lowest BCUT2D eigenvalue weighted by atomic mass is 10.1. The van der Waals surface area contributed by atoms with E-state index < -0.39 is 17.5 Å². The number of aromatic hydroxyl groups is 2. The molecule has 0 aliphatic rings. The summed E-state index contributed by atoms with van der Waals surface area (Å²) < 4.78 is 45.4. The molecule has 0 atom stereocenters. The highest BCUT2D eigenvalue weighted by atomic mass is 19.4. The molecule has 0 aliphatic carbocycles. The minimum atomic E-state index is -4.59. The largest absolute Gasteiger partial charge is 0.507 e. The van der Waals surface area contributed by atoms with Crippen molar-refractivity contribution in [1.82, 2.24) is 14.8 Å². The third-order valence-corrected chi connectivity index (χ3v) is 4.64. The maximum atomic E-state index is 12.9. The van der Waals surface area contributed by atoms with Crippen LogP contribution in [0.4, 0.5) is 13.2 Å². The van der Waals surface area contributed by atoms with E-state index in [0.29, 0.717) is 23.1 Å². The summed E-state index contributed by atoms with van der Waals surface area (Å²) in [4.78, 5) is 4.40. The number of para-hydroxylation sites is 1. The number of phenols is 2. The van der Waals surface area contributed by atoms with E-state index in [9.17, 15) is 23.4 Å². The van der Waals surface area contributed by atoms with Crippen molar-refractivity contribution < 1.29 is 28.1 Å². The first kappa shape index (κ1) is 20.3. The van der Waals surface area contributed by atoms with Crippen molar-refractivity contribution in [2.75, 3.05) is 7.11 Å². The van der Waals surface area contributed by atoms with Crippen molar-refractivity contribution in [3.63, 3.8) is 0 Å². The summed E-state index contributed by atoms with van der Waals surface area (Å²) >= 11 is 0.